The summed E-state index contributed by atoms with van der Waals surface area (Å²) in [6.07, 6.45) is 3.01. The maximum absolute atomic E-state index is 10.8. The molecule has 0 saturated carbocycles. The lowest BCUT2D eigenvalue weighted by Crippen LogP contribution is -2.13. The topological polar surface area (TPSA) is 130 Å². The number of nitrogens with one attached hydrogen (secondary N) is 2. The third-order valence-electron chi connectivity index (χ3n) is 1.49. The lowest BCUT2D eigenvalue weighted by Gasteiger charge is -1.86. The van der Waals surface area contributed by atoms with Gasteiger partial charge in [0.25, 0.3) is 15.2 Å². The molecule has 0 bridgehead atoms. The van der Waals surface area contributed by atoms with Crippen molar-refractivity contribution < 1.29 is 8.42 Å². The van der Waals surface area contributed by atoms with Crippen molar-refractivity contribution in [3.63, 3.8) is 0 Å². The molecule has 14 heavy (non-hydrogen) atoms. The number of sulfonamides is 1. The number of aromatic amines is 2. The zero-order valence-electron chi connectivity index (χ0n) is 6.80. The molecule has 0 aliphatic carbocycles. The average Bonchev–Trinajstić information content (AvgIpc) is 2.73. The number of rotatable bonds is 2. The summed E-state index contributed by atoms with van der Waals surface area (Å²) in [7, 11) is -3.83. The van der Waals surface area contributed by atoms with Crippen LogP contribution >= 0.6 is 0 Å². The van der Waals surface area contributed by atoms with Crippen LogP contribution in [0, 0.1) is 0 Å². The third-order valence-corrected chi connectivity index (χ3v) is 2.21. The van der Waals surface area contributed by atoms with Crippen molar-refractivity contribution in [3.8, 4) is 11.4 Å². The number of hydrogen-bond acceptors (Lipinski definition) is 5. The highest BCUT2D eigenvalue weighted by molar-refractivity contribution is 7.89. The van der Waals surface area contributed by atoms with Crippen molar-refractivity contribution in [1.82, 2.24) is 25.4 Å². The molecule has 0 aromatic carbocycles. The van der Waals surface area contributed by atoms with Gasteiger partial charge < -0.3 is 0 Å². The molecule has 0 aliphatic rings. The Labute approximate surface area is 78.6 Å². The second kappa shape index (κ2) is 2.89. The van der Waals surface area contributed by atoms with Crippen LogP contribution in [-0.4, -0.2) is 33.8 Å². The van der Waals surface area contributed by atoms with Crippen molar-refractivity contribution in [1.29, 1.82) is 0 Å². The van der Waals surface area contributed by atoms with Crippen LogP contribution in [0.15, 0.2) is 17.6 Å². The summed E-state index contributed by atoms with van der Waals surface area (Å²) in [6.45, 7) is 0. The van der Waals surface area contributed by atoms with E-state index in [9.17, 15) is 8.42 Å². The molecule has 0 saturated heterocycles. The molecule has 2 aromatic heterocycles. The van der Waals surface area contributed by atoms with Gasteiger partial charge >= 0.3 is 0 Å². The molecule has 2 rings (SSSR count). The van der Waals surface area contributed by atoms with Crippen molar-refractivity contribution >= 4 is 10.0 Å². The number of nitrogens with zero attached hydrogens (tertiary/aromatic N) is 3. The van der Waals surface area contributed by atoms with Crippen LogP contribution in [0.25, 0.3) is 11.4 Å². The van der Waals surface area contributed by atoms with E-state index in [1.807, 2.05) is 0 Å². The highest BCUT2D eigenvalue weighted by Gasteiger charge is 2.14. The number of nitrogens with two attached hydrogens (primary N) is 1. The first-order chi connectivity index (χ1) is 6.57. The van der Waals surface area contributed by atoms with Gasteiger partial charge in [0.1, 0.15) is 0 Å². The van der Waals surface area contributed by atoms with Crippen molar-refractivity contribution in [2.24, 2.45) is 5.14 Å². The van der Waals surface area contributed by atoms with Gasteiger partial charge in [0.2, 0.25) is 0 Å². The molecule has 0 atom stereocenters. The van der Waals surface area contributed by atoms with E-state index in [4.69, 9.17) is 5.14 Å². The van der Waals surface area contributed by atoms with Crippen LogP contribution in [0.3, 0.4) is 0 Å². The van der Waals surface area contributed by atoms with Gasteiger partial charge in [-0.3, -0.25) is 5.10 Å². The summed E-state index contributed by atoms with van der Waals surface area (Å²) in [5.41, 5.74) is 0.580. The highest BCUT2D eigenvalue weighted by atomic mass is 32.2. The number of primary sulfonamides is 1. The Bertz CT molecular complexity index is 526. The van der Waals surface area contributed by atoms with Crippen LogP contribution in [0.2, 0.25) is 0 Å². The number of hydrogen-bond donors (Lipinski definition) is 3. The average molecular weight is 214 g/mol. The van der Waals surface area contributed by atoms with Crippen molar-refractivity contribution in [3.05, 3.63) is 12.4 Å². The van der Waals surface area contributed by atoms with E-state index in [1.54, 1.807) is 0 Å². The molecule has 0 unspecified atom stereocenters. The minimum atomic E-state index is -3.83. The van der Waals surface area contributed by atoms with Gasteiger partial charge in [0.15, 0.2) is 5.82 Å². The molecule has 0 spiro atoms. The van der Waals surface area contributed by atoms with E-state index in [2.05, 4.69) is 25.4 Å². The van der Waals surface area contributed by atoms with E-state index in [0.717, 1.165) is 0 Å². The van der Waals surface area contributed by atoms with Gasteiger partial charge in [0.05, 0.1) is 11.8 Å². The van der Waals surface area contributed by atoms with Crippen LogP contribution in [0.1, 0.15) is 0 Å². The molecule has 2 heterocycles. The fourth-order valence-corrected chi connectivity index (χ4v) is 1.26. The quantitative estimate of drug-likeness (QED) is 0.580. The van der Waals surface area contributed by atoms with E-state index in [1.165, 1.54) is 12.4 Å². The molecule has 0 radical (unpaired) electrons. The highest BCUT2D eigenvalue weighted by Crippen LogP contribution is 2.12. The van der Waals surface area contributed by atoms with E-state index < -0.39 is 10.0 Å². The van der Waals surface area contributed by atoms with Gasteiger partial charge in [-0.05, 0) is 0 Å². The van der Waals surface area contributed by atoms with Crippen molar-refractivity contribution in [2.75, 3.05) is 0 Å². The minimum Gasteiger partial charge on any atom is -0.285 e. The molecule has 74 valence electrons. The Morgan fingerprint density at radius 3 is 2.71 bits per heavy atom. The fraction of sp³-hybridized carbons (Fsp3) is 0. The smallest absolute Gasteiger partial charge is 0.273 e. The maximum Gasteiger partial charge on any atom is 0.273 e. The molecule has 8 nitrogen and oxygen atoms in total. The summed E-state index contributed by atoms with van der Waals surface area (Å²) in [5.74, 6) is 0.225. The predicted octanol–water partition coefficient (Wildman–Crippen LogP) is -1.16. The van der Waals surface area contributed by atoms with E-state index in [-0.39, 0.29) is 11.0 Å². The zero-order valence-corrected chi connectivity index (χ0v) is 7.61. The second-order valence-corrected chi connectivity index (χ2v) is 3.97. The van der Waals surface area contributed by atoms with E-state index >= 15 is 0 Å². The van der Waals surface area contributed by atoms with Gasteiger partial charge in [-0.1, -0.05) is 0 Å². The molecule has 4 N–H and O–H groups in total. The zero-order chi connectivity index (χ0) is 10.2. The summed E-state index contributed by atoms with van der Waals surface area (Å²) < 4.78 is 21.7. The van der Waals surface area contributed by atoms with Gasteiger partial charge in [0, 0.05) is 6.20 Å². The Morgan fingerprint density at radius 2 is 2.21 bits per heavy atom. The molecular formula is C5H6N6O2S. The van der Waals surface area contributed by atoms with Crippen LogP contribution in [-0.2, 0) is 10.0 Å². The third kappa shape index (κ3) is 1.49. The monoisotopic (exact) mass is 214 g/mol. The van der Waals surface area contributed by atoms with Gasteiger partial charge in [-0.15, -0.1) is 0 Å². The molecule has 9 heteroatoms. The largest absolute Gasteiger partial charge is 0.285 e. The molecular weight excluding hydrogens is 208 g/mol. The lowest BCUT2D eigenvalue weighted by molar-refractivity contribution is 0.589. The Balaban J connectivity index is 2.46. The van der Waals surface area contributed by atoms with Crippen LogP contribution < -0.4 is 5.14 Å². The first-order valence-corrected chi connectivity index (χ1v) is 5.06. The predicted molar refractivity (Wildman–Crippen MR) is 45.3 cm³/mol. The lowest BCUT2D eigenvalue weighted by atomic mass is 10.3. The Hall–Kier alpha value is -1.74. The molecule has 0 aliphatic heterocycles. The second-order valence-electron chi connectivity index (χ2n) is 2.50. The molecule has 0 amide bonds. The summed E-state index contributed by atoms with van der Waals surface area (Å²) in [6, 6.07) is 0. The number of aromatic nitrogens is 5. The summed E-state index contributed by atoms with van der Waals surface area (Å²) in [4.78, 5) is 3.68. The maximum atomic E-state index is 10.8. The van der Waals surface area contributed by atoms with Crippen molar-refractivity contribution in [2.45, 2.75) is 5.16 Å². The van der Waals surface area contributed by atoms with Crippen LogP contribution in [0.4, 0.5) is 0 Å². The van der Waals surface area contributed by atoms with Crippen LogP contribution in [0.5, 0.6) is 0 Å². The Morgan fingerprint density at radius 1 is 1.43 bits per heavy atom. The Kier molecular flexibility index (Phi) is 1.82. The van der Waals surface area contributed by atoms with Gasteiger partial charge in [-0.25, -0.2) is 18.7 Å². The number of H-pyrrole nitrogens is 2. The molecule has 2 aromatic rings. The SMILES string of the molecule is NS(=O)(=O)c1nc(-c2cn[nH]c2)n[nH]1. The standard InChI is InChI=1S/C5H6N6O2S/c6-14(12,13)5-9-4(10-11-5)3-1-7-8-2-3/h1-2H,(H,7,8)(H2,6,12,13)(H,9,10,11). The fourth-order valence-electron chi connectivity index (χ4n) is 0.876. The van der Waals surface area contributed by atoms with Gasteiger partial charge in [-0.2, -0.15) is 15.2 Å². The minimum absolute atomic E-state index is 0.225. The first-order valence-electron chi connectivity index (χ1n) is 3.52. The normalized spacial score (nSPS) is 11.8. The molecule has 0 fully saturated rings. The van der Waals surface area contributed by atoms with E-state index in [0.29, 0.717) is 5.56 Å². The first kappa shape index (κ1) is 8.84. The summed E-state index contributed by atoms with van der Waals surface area (Å²) >= 11 is 0. The summed E-state index contributed by atoms with van der Waals surface area (Å²) in [5, 5.41) is 16.6.